The Morgan fingerprint density at radius 3 is 1.58 bits per heavy atom. The van der Waals surface area contributed by atoms with E-state index in [-0.39, 0.29) is 62.4 Å². The predicted molar refractivity (Wildman–Crippen MR) is 138 cm³/mol. The summed E-state index contributed by atoms with van der Waals surface area (Å²) in [4.78, 5) is 76.6. The topological polar surface area (TPSA) is 157 Å². The molecule has 0 saturated carbocycles. The van der Waals surface area contributed by atoms with E-state index < -0.39 is 27.5 Å². The van der Waals surface area contributed by atoms with Gasteiger partial charge in [-0.3, -0.25) is 24.0 Å². The van der Waals surface area contributed by atoms with Crippen LogP contribution >= 0.6 is 15.9 Å². The van der Waals surface area contributed by atoms with Crippen LogP contribution in [0.5, 0.6) is 0 Å². The number of aliphatic hydroxyl groups excluding tert-OH is 1. The number of hydrogen-bond acceptors (Lipinski definition) is 10. The summed E-state index contributed by atoms with van der Waals surface area (Å²) in [5.74, 6) is -2.21. The lowest BCUT2D eigenvalue weighted by Crippen LogP contribution is -2.37. The summed E-state index contributed by atoms with van der Waals surface area (Å²) in [6, 6.07) is 0. The van der Waals surface area contributed by atoms with Crippen LogP contribution in [0.3, 0.4) is 0 Å². The number of nitrogens with zero attached hydrogens (tertiary/aromatic N) is 2. The fourth-order valence-electron chi connectivity index (χ4n) is 2.16. The first kappa shape index (κ1) is 34.9. The number of ether oxygens (including phenoxy) is 1. The maximum atomic E-state index is 11.6. The largest absolute Gasteiger partial charge is 0.462 e. The lowest BCUT2D eigenvalue weighted by Gasteiger charge is -2.22. The molecule has 2 heterocycles. The van der Waals surface area contributed by atoms with Gasteiger partial charge in [0, 0.05) is 25.7 Å². The zero-order valence-electron chi connectivity index (χ0n) is 22.8. The van der Waals surface area contributed by atoms with Crippen molar-refractivity contribution in [3.05, 3.63) is 24.5 Å². The van der Waals surface area contributed by atoms with Crippen molar-refractivity contribution in [2.75, 3.05) is 13.2 Å². The number of hydrogen-bond donors (Lipinski definition) is 1. The Kier molecular flexibility index (Phi) is 14.1. The molecule has 1 N–H and O–H groups in total. The summed E-state index contributed by atoms with van der Waals surface area (Å²) < 4.78 is 3.97. The van der Waals surface area contributed by atoms with Gasteiger partial charge in [0.1, 0.15) is 10.9 Å². The summed E-state index contributed by atoms with van der Waals surface area (Å²) in [7, 11) is 0. The molecule has 38 heavy (non-hydrogen) atoms. The van der Waals surface area contributed by atoms with Crippen LogP contribution in [0.15, 0.2) is 24.5 Å². The van der Waals surface area contributed by atoms with Crippen LogP contribution in [0.4, 0.5) is 0 Å². The van der Waals surface area contributed by atoms with Crippen molar-refractivity contribution in [2.45, 2.75) is 78.0 Å². The summed E-state index contributed by atoms with van der Waals surface area (Å²) >= 11 is 3.12. The Hall–Kier alpha value is -3.06. The number of carbonyl (C=O) groups is 6. The predicted octanol–water partition coefficient (Wildman–Crippen LogP) is 2.88. The molecule has 0 radical (unpaired) electrons. The Morgan fingerprint density at radius 2 is 1.26 bits per heavy atom. The Bertz CT molecular complexity index is 920. The zero-order chi connectivity index (χ0) is 29.8. The third-order valence-corrected chi connectivity index (χ3v) is 5.43. The quantitative estimate of drug-likeness (QED) is 0.136. The summed E-state index contributed by atoms with van der Waals surface area (Å²) in [6.07, 6.45) is 1.25. The van der Waals surface area contributed by atoms with Crippen molar-refractivity contribution in [2.24, 2.45) is 5.41 Å². The average Bonchev–Trinajstić information content (AvgIpc) is 3.32. The number of esters is 1. The molecular formula is C25H37BrN2O10. The molecule has 2 aliphatic rings. The smallest absolute Gasteiger partial charge is 0.338 e. The minimum absolute atomic E-state index is 0.0634. The second kappa shape index (κ2) is 15.4. The molecule has 0 aliphatic carbocycles. The number of alkyl halides is 1. The summed E-state index contributed by atoms with van der Waals surface area (Å²) in [6.45, 7) is 17.3. The molecule has 214 valence electrons. The highest BCUT2D eigenvalue weighted by Gasteiger charge is 2.37. The van der Waals surface area contributed by atoms with Gasteiger partial charge in [0.2, 0.25) is 0 Å². The van der Waals surface area contributed by atoms with E-state index in [9.17, 15) is 28.8 Å². The molecule has 2 saturated heterocycles. The van der Waals surface area contributed by atoms with Crippen molar-refractivity contribution < 1.29 is 48.3 Å². The van der Waals surface area contributed by atoms with Crippen LogP contribution in [0.25, 0.3) is 0 Å². The molecule has 0 aromatic carbocycles. The van der Waals surface area contributed by atoms with Crippen molar-refractivity contribution in [3.63, 3.8) is 0 Å². The van der Waals surface area contributed by atoms with Gasteiger partial charge in [-0.15, -0.1) is 10.1 Å². The van der Waals surface area contributed by atoms with Crippen LogP contribution in [0, 0.1) is 5.41 Å². The molecule has 4 amide bonds. The fraction of sp³-hybridized carbons (Fsp3) is 0.600. The van der Waals surface area contributed by atoms with Gasteiger partial charge in [0.25, 0.3) is 23.6 Å². The molecular weight excluding hydrogens is 568 g/mol. The highest BCUT2D eigenvalue weighted by molar-refractivity contribution is 9.10. The molecule has 2 fully saturated rings. The van der Waals surface area contributed by atoms with Crippen LogP contribution in [-0.4, -0.2) is 68.3 Å². The van der Waals surface area contributed by atoms with E-state index in [0.29, 0.717) is 17.1 Å². The number of rotatable bonds is 9. The van der Waals surface area contributed by atoms with Gasteiger partial charge in [0.15, 0.2) is 5.76 Å². The van der Waals surface area contributed by atoms with Crippen molar-refractivity contribution in [1.29, 1.82) is 0 Å². The number of imide groups is 2. The van der Waals surface area contributed by atoms with E-state index in [1.54, 1.807) is 34.6 Å². The number of carbonyl (C=O) groups excluding carboxylic acids is 6. The van der Waals surface area contributed by atoms with Crippen LogP contribution in [0.2, 0.25) is 0 Å². The third kappa shape index (κ3) is 11.5. The first-order valence-corrected chi connectivity index (χ1v) is 12.6. The van der Waals surface area contributed by atoms with E-state index in [0.717, 1.165) is 5.06 Å². The van der Waals surface area contributed by atoms with Crippen molar-refractivity contribution in [1.82, 2.24) is 10.1 Å². The number of allylic oxidation sites excluding steroid dienone is 1. The minimum Gasteiger partial charge on any atom is -0.462 e. The van der Waals surface area contributed by atoms with Gasteiger partial charge < -0.3 is 19.5 Å². The van der Waals surface area contributed by atoms with Gasteiger partial charge in [0.05, 0.1) is 12.0 Å². The fourth-order valence-corrected chi connectivity index (χ4v) is 2.28. The van der Waals surface area contributed by atoms with Crippen LogP contribution in [-0.2, 0) is 43.2 Å². The van der Waals surface area contributed by atoms with Gasteiger partial charge in [-0.1, -0.05) is 36.0 Å². The van der Waals surface area contributed by atoms with E-state index >= 15 is 0 Å². The SMILES string of the molecule is C=C(C)C(=C)ON1C(=O)CCC1=O.CC(C)(Br)C(=O)OCCO.CCC(C)(C)C(=O)ON1C(=O)CCC1=O. The Morgan fingerprint density at radius 1 is 0.868 bits per heavy atom. The highest BCUT2D eigenvalue weighted by atomic mass is 79.9. The molecule has 13 heteroatoms. The van der Waals surface area contributed by atoms with Crippen molar-refractivity contribution in [3.8, 4) is 0 Å². The third-order valence-electron chi connectivity index (χ3n) is 5.11. The Labute approximate surface area is 231 Å². The molecule has 0 aromatic heterocycles. The molecule has 0 unspecified atom stereocenters. The van der Waals surface area contributed by atoms with Gasteiger partial charge in [-0.2, -0.15) is 0 Å². The summed E-state index contributed by atoms with van der Waals surface area (Å²) in [5, 5.41) is 9.62. The molecule has 2 aliphatic heterocycles. The monoisotopic (exact) mass is 604 g/mol. The molecule has 0 spiro atoms. The van der Waals surface area contributed by atoms with E-state index in [2.05, 4.69) is 33.8 Å². The van der Waals surface area contributed by atoms with E-state index in [1.165, 1.54) is 0 Å². The van der Waals surface area contributed by atoms with Crippen LogP contribution in [0.1, 0.15) is 73.6 Å². The normalized spacial score (nSPS) is 15.3. The second-order valence-corrected chi connectivity index (χ2v) is 11.4. The number of amides is 4. The maximum absolute atomic E-state index is 11.6. The average molecular weight is 605 g/mol. The molecule has 12 nitrogen and oxygen atoms in total. The van der Waals surface area contributed by atoms with Gasteiger partial charge >= 0.3 is 11.9 Å². The molecule has 0 aromatic rings. The van der Waals surface area contributed by atoms with Gasteiger partial charge in [-0.05, 0) is 46.6 Å². The molecule has 2 rings (SSSR count). The zero-order valence-corrected chi connectivity index (χ0v) is 24.3. The number of halogens is 1. The minimum atomic E-state index is -0.677. The van der Waals surface area contributed by atoms with E-state index in [1.807, 2.05) is 6.92 Å². The molecule has 0 atom stereocenters. The van der Waals surface area contributed by atoms with Crippen molar-refractivity contribution >= 4 is 51.5 Å². The van der Waals surface area contributed by atoms with Gasteiger partial charge in [-0.25, -0.2) is 4.79 Å². The standard InChI is InChI=1S/C10H15NO4.C9H11NO3.C6H11BrO3/c1-4-10(2,3)9(14)15-11-7(12)5-6-8(11)13;1-6(2)7(3)13-10-8(11)4-5-9(10)12;1-6(2,7)5(9)10-4-3-8/h4-6H2,1-3H3;1,3-5H2,2H3;8H,3-4H2,1-2H3. The lowest BCUT2D eigenvalue weighted by atomic mass is 9.91. The summed E-state index contributed by atoms with van der Waals surface area (Å²) in [5.41, 5.74) is -0.0872. The first-order chi connectivity index (χ1) is 17.4. The number of aliphatic hydroxyl groups is 1. The van der Waals surface area contributed by atoms with Crippen LogP contribution < -0.4 is 0 Å². The number of hydroxylamine groups is 4. The molecule has 0 bridgehead atoms. The Balaban J connectivity index is 0.000000553. The lowest BCUT2D eigenvalue weighted by molar-refractivity contribution is -0.204. The second-order valence-electron chi connectivity index (χ2n) is 9.41. The van der Waals surface area contributed by atoms with E-state index in [4.69, 9.17) is 14.8 Å². The maximum Gasteiger partial charge on any atom is 0.338 e. The first-order valence-electron chi connectivity index (χ1n) is 11.8. The highest BCUT2D eigenvalue weighted by Crippen LogP contribution is 2.24.